The van der Waals surface area contributed by atoms with Gasteiger partial charge in [-0.25, -0.2) is 0 Å². The molecule has 0 aromatic rings. The number of hydrogen-bond donors (Lipinski definition) is 2. The van der Waals surface area contributed by atoms with Crippen LogP contribution in [0.3, 0.4) is 0 Å². The maximum Gasteiger partial charge on any atom is 2.00 e. The van der Waals surface area contributed by atoms with E-state index in [0.29, 0.717) is 0 Å². The first-order chi connectivity index (χ1) is 3.46. The summed E-state index contributed by atoms with van der Waals surface area (Å²) in [5, 5.41) is 14.7. The summed E-state index contributed by atoms with van der Waals surface area (Å²) in [7, 11) is 0. The van der Waals surface area contributed by atoms with Crippen LogP contribution in [0.25, 0.3) is 0 Å². The number of aliphatic carboxylic acids is 2. The molecule has 0 spiro atoms. The van der Waals surface area contributed by atoms with E-state index in [9.17, 15) is 0 Å². The summed E-state index contributed by atoms with van der Waals surface area (Å²) in [6.07, 6.45) is 0. The van der Waals surface area contributed by atoms with Crippen LogP contribution in [0.15, 0.2) is 0 Å². The fraction of sp³-hybridized carbons (Fsp3) is 0.250. The summed E-state index contributed by atoms with van der Waals surface area (Å²) in [4.78, 5) is 17.9. The first kappa shape index (κ1) is 22.4. The molecule has 0 radical (unpaired) electrons. The Morgan fingerprint density at radius 1 is 1.40 bits per heavy atom. The predicted octanol–water partition coefficient (Wildman–Crippen LogP) is -0.162. The van der Waals surface area contributed by atoms with Crippen LogP contribution < -0.4 is 0 Å². The van der Waals surface area contributed by atoms with Crippen molar-refractivity contribution in [2.75, 3.05) is 0 Å². The second kappa shape index (κ2) is 16.2. The van der Waals surface area contributed by atoms with Crippen LogP contribution in [0, 0.1) is 6.92 Å². The molecule has 0 fully saturated rings. The topological polar surface area (TPSA) is 74.6 Å². The van der Waals surface area contributed by atoms with Crippen LogP contribution in [0.4, 0.5) is 0 Å². The third kappa shape index (κ3) is 2230. The van der Waals surface area contributed by atoms with Crippen molar-refractivity contribution in [1.29, 1.82) is 0 Å². The van der Waals surface area contributed by atoms with Gasteiger partial charge in [-0.15, -0.1) is 0 Å². The molecule has 0 aromatic carbocycles. The molecule has 2 N–H and O–H groups in total. The number of carboxylic acids is 2. The zero-order valence-electron chi connectivity index (χ0n) is 7.63. The van der Waals surface area contributed by atoms with Gasteiger partial charge >= 0.3 is 23.1 Å². The van der Waals surface area contributed by atoms with Crippen LogP contribution >= 0.6 is 0 Å². The zero-order valence-corrected chi connectivity index (χ0v) is 9.50. The van der Waals surface area contributed by atoms with Gasteiger partial charge in [-0.05, 0) is 0 Å². The molecule has 0 saturated carbocycles. The normalized spacial score (nSPS) is 4.90. The van der Waals surface area contributed by atoms with E-state index in [-0.39, 0.29) is 52.1 Å². The Morgan fingerprint density at radius 3 is 1.40 bits per heavy atom. The van der Waals surface area contributed by atoms with Crippen LogP contribution in [0.2, 0.25) is 0 Å². The molecule has 0 heterocycles. The Balaban J connectivity index is -0.0000000112. The third-order valence-electron chi connectivity index (χ3n) is 0. The van der Waals surface area contributed by atoms with Gasteiger partial charge < -0.3 is 13.1 Å². The standard InChI is InChI=1S/C2H4O2.C2H3O2.Mg.Zr.2H/c2*1-2(3)4;;;;/h1H3,(H,3,4);1H2,(H,3,4);;;;/q;-1;+2;;2*-1. The average molecular weight is 237 g/mol. The maximum atomic E-state index is 9.00. The summed E-state index contributed by atoms with van der Waals surface area (Å²) in [5.74, 6) is -1.92. The summed E-state index contributed by atoms with van der Waals surface area (Å²) in [5.41, 5.74) is 0. The predicted molar refractivity (Wildman–Crippen MR) is 34.3 cm³/mol. The minimum absolute atomic E-state index is 0. The number of carboxylic acid groups (broad SMARTS) is 2. The van der Waals surface area contributed by atoms with Crippen LogP contribution in [-0.4, -0.2) is 45.2 Å². The van der Waals surface area contributed by atoms with Crippen LogP contribution in [0.1, 0.15) is 9.78 Å². The summed E-state index contributed by atoms with van der Waals surface area (Å²) in [6, 6.07) is 0. The van der Waals surface area contributed by atoms with Gasteiger partial charge in [0.05, 0.1) is 0 Å². The Hall–Kier alpha value is 0.459. The Kier molecular flexibility index (Phi) is 36.4. The van der Waals surface area contributed by atoms with Crippen molar-refractivity contribution in [3.63, 3.8) is 0 Å². The SMILES string of the molecule is CC(=O)O.[CH2-]C(=O)O.[H-].[H-].[Mg+2].[Zr]. The van der Waals surface area contributed by atoms with Crippen LogP contribution in [0.5, 0.6) is 0 Å². The molecule has 0 saturated heterocycles. The van der Waals surface area contributed by atoms with Gasteiger partial charge in [-0.2, -0.15) is 0 Å². The second-order valence-corrected chi connectivity index (χ2v) is 0.913. The molecule has 0 atom stereocenters. The minimum Gasteiger partial charge on any atom is -1.00 e. The molecule has 10 heavy (non-hydrogen) atoms. The molecule has 4 nitrogen and oxygen atoms in total. The van der Waals surface area contributed by atoms with Crippen molar-refractivity contribution in [1.82, 2.24) is 0 Å². The zero-order chi connectivity index (χ0) is 7.15. The Bertz CT molecular complexity index is 83.1. The maximum absolute atomic E-state index is 9.00. The van der Waals surface area contributed by atoms with Crippen molar-refractivity contribution in [2.24, 2.45) is 0 Å². The van der Waals surface area contributed by atoms with E-state index in [1.165, 1.54) is 0 Å². The molecule has 0 aliphatic heterocycles. The second-order valence-electron chi connectivity index (χ2n) is 0.913. The fourth-order valence-corrected chi connectivity index (χ4v) is 0. The van der Waals surface area contributed by atoms with Gasteiger partial charge in [0, 0.05) is 33.1 Å². The molecule has 0 aliphatic carbocycles. The number of carbonyl (C=O) groups is 2. The van der Waals surface area contributed by atoms with E-state index < -0.39 is 11.9 Å². The molecule has 6 heteroatoms. The Morgan fingerprint density at radius 2 is 1.40 bits per heavy atom. The monoisotopic (exact) mass is 235 g/mol. The Labute approximate surface area is 97.2 Å². The van der Waals surface area contributed by atoms with Gasteiger partial charge in [0.15, 0.2) is 5.97 Å². The molecular formula is C4H9MgO4Zr-. The van der Waals surface area contributed by atoms with Crippen molar-refractivity contribution in [2.45, 2.75) is 6.92 Å². The van der Waals surface area contributed by atoms with Gasteiger partial charge in [0.1, 0.15) is 0 Å². The van der Waals surface area contributed by atoms with E-state index in [1.807, 2.05) is 0 Å². The first-order valence-corrected chi connectivity index (χ1v) is 1.71. The van der Waals surface area contributed by atoms with E-state index >= 15 is 0 Å². The van der Waals surface area contributed by atoms with E-state index in [4.69, 9.17) is 19.8 Å². The van der Waals surface area contributed by atoms with Gasteiger partial charge in [-0.1, -0.05) is 0 Å². The molecule has 0 aromatic heterocycles. The van der Waals surface area contributed by atoms with E-state index in [0.717, 1.165) is 6.92 Å². The van der Waals surface area contributed by atoms with Crippen molar-refractivity contribution < 1.29 is 48.9 Å². The van der Waals surface area contributed by atoms with Crippen LogP contribution in [-0.2, 0) is 35.8 Å². The average Bonchev–Trinajstić information content (AvgIpc) is 1.25. The largest absolute Gasteiger partial charge is 2.00 e. The fourth-order valence-electron chi connectivity index (χ4n) is 0. The third-order valence-corrected chi connectivity index (χ3v) is 0. The van der Waals surface area contributed by atoms with Crippen molar-refractivity contribution in [3.05, 3.63) is 6.92 Å². The molecule has 0 amide bonds. The van der Waals surface area contributed by atoms with Gasteiger partial charge in [-0.3, -0.25) is 16.5 Å². The first-order valence-electron chi connectivity index (χ1n) is 1.71. The minimum atomic E-state index is -1.08. The molecule has 0 bridgehead atoms. The molecule has 0 rings (SSSR count). The van der Waals surface area contributed by atoms with Crippen molar-refractivity contribution >= 4 is 35.0 Å². The number of rotatable bonds is 0. The molecule has 0 aliphatic rings. The summed E-state index contributed by atoms with van der Waals surface area (Å²) >= 11 is 0. The summed E-state index contributed by atoms with van der Waals surface area (Å²) in [6.45, 7) is 3.64. The van der Waals surface area contributed by atoms with Gasteiger partial charge in [0.2, 0.25) is 0 Å². The van der Waals surface area contributed by atoms with Gasteiger partial charge in [0.25, 0.3) is 5.97 Å². The number of hydrogen-bond acceptors (Lipinski definition) is 2. The smallest absolute Gasteiger partial charge is 1.00 e. The molecule has 0 unspecified atom stereocenters. The molecule has 56 valence electrons. The quantitative estimate of drug-likeness (QED) is 0.453. The van der Waals surface area contributed by atoms with E-state index in [1.54, 1.807) is 0 Å². The summed E-state index contributed by atoms with van der Waals surface area (Å²) < 4.78 is 0. The molecular weight excluding hydrogens is 228 g/mol. The van der Waals surface area contributed by atoms with E-state index in [2.05, 4.69) is 6.92 Å². The van der Waals surface area contributed by atoms with Crippen molar-refractivity contribution in [3.8, 4) is 0 Å².